The first-order valence-electron chi connectivity index (χ1n) is 5.25. The largest absolute Gasteiger partial charge is 0.393 e. The number of halogens is 1. The Bertz CT molecular complexity index is 514. The van der Waals surface area contributed by atoms with Gasteiger partial charge in [-0.1, -0.05) is 5.92 Å². The van der Waals surface area contributed by atoms with Crippen molar-refractivity contribution < 1.29 is 5.11 Å². The van der Waals surface area contributed by atoms with Crippen molar-refractivity contribution in [1.82, 2.24) is 9.78 Å². The lowest BCUT2D eigenvalue weighted by molar-refractivity contribution is 0.0836. The maximum Gasteiger partial charge on any atom is 0.284 e. The van der Waals surface area contributed by atoms with Crippen LogP contribution in [0.4, 0.5) is 5.69 Å². The third-order valence-corrected chi connectivity index (χ3v) is 3.47. The molecule has 1 aliphatic carbocycles. The van der Waals surface area contributed by atoms with E-state index in [0.29, 0.717) is 23.0 Å². The van der Waals surface area contributed by atoms with E-state index in [9.17, 15) is 9.90 Å². The maximum atomic E-state index is 11.8. The van der Waals surface area contributed by atoms with E-state index >= 15 is 0 Å². The molecule has 0 aromatic carbocycles. The fourth-order valence-corrected chi connectivity index (χ4v) is 2.11. The van der Waals surface area contributed by atoms with E-state index < -0.39 is 0 Å². The molecule has 90 valence electrons. The first-order chi connectivity index (χ1) is 8.11. The smallest absolute Gasteiger partial charge is 0.284 e. The van der Waals surface area contributed by atoms with Gasteiger partial charge < -0.3 is 10.4 Å². The molecule has 1 fully saturated rings. The topological polar surface area (TPSA) is 67.2 Å². The molecular formula is C11H12BrN3O2. The van der Waals surface area contributed by atoms with E-state index in [-0.39, 0.29) is 24.2 Å². The molecule has 5 nitrogen and oxygen atoms in total. The van der Waals surface area contributed by atoms with Gasteiger partial charge in [0.05, 0.1) is 18.0 Å². The van der Waals surface area contributed by atoms with Crippen LogP contribution >= 0.6 is 15.9 Å². The van der Waals surface area contributed by atoms with Gasteiger partial charge in [-0.25, -0.2) is 4.68 Å². The number of hydrogen-bond donors (Lipinski definition) is 2. The fourth-order valence-electron chi connectivity index (χ4n) is 1.69. The number of nitrogens with zero attached hydrogens (tertiary/aromatic N) is 2. The second-order valence-corrected chi connectivity index (χ2v) is 4.80. The quantitative estimate of drug-likeness (QED) is 0.801. The number of aromatic nitrogens is 2. The lowest BCUT2D eigenvalue weighted by Crippen LogP contribution is -2.39. The van der Waals surface area contributed by atoms with Crippen LogP contribution in [0.2, 0.25) is 0 Å². The monoisotopic (exact) mass is 297 g/mol. The molecular weight excluding hydrogens is 286 g/mol. The summed E-state index contributed by atoms with van der Waals surface area (Å²) in [6.07, 6.45) is 7.85. The Morgan fingerprint density at radius 2 is 2.41 bits per heavy atom. The first-order valence-corrected chi connectivity index (χ1v) is 6.04. The van der Waals surface area contributed by atoms with Crippen LogP contribution in [0.1, 0.15) is 12.8 Å². The molecule has 0 aliphatic heterocycles. The van der Waals surface area contributed by atoms with Gasteiger partial charge in [0.2, 0.25) is 0 Å². The van der Waals surface area contributed by atoms with Crippen LogP contribution < -0.4 is 10.9 Å². The molecule has 0 unspecified atom stereocenters. The van der Waals surface area contributed by atoms with Crippen LogP contribution in [0.25, 0.3) is 0 Å². The van der Waals surface area contributed by atoms with Gasteiger partial charge >= 0.3 is 0 Å². The van der Waals surface area contributed by atoms with Gasteiger partial charge in [0.25, 0.3) is 5.56 Å². The van der Waals surface area contributed by atoms with Crippen LogP contribution in [-0.4, -0.2) is 27.0 Å². The minimum Gasteiger partial charge on any atom is -0.393 e. The highest BCUT2D eigenvalue weighted by atomic mass is 79.9. The Morgan fingerprint density at radius 1 is 1.71 bits per heavy atom. The van der Waals surface area contributed by atoms with Crippen molar-refractivity contribution in [3.63, 3.8) is 0 Å². The molecule has 0 saturated heterocycles. The van der Waals surface area contributed by atoms with E-state index in [0.717, 1.165) is 0 Å². The number of aliphatic hydroxyl groups excluding tert-OH is 1. The van der Waals surface area contributed by atoms with Crippen molar-refractivity contribution >= 4 is 21.6 Å². The van der Waals surface area contributed by atoms with E-state index in [1.807, 2.05) is 0 Å². The van der Waals surface area contributed by atoms with E-state index in [1.54, 1.807) is 6.20 Å². The first kappa shape index (κ1) is 12.1. The van der Waals surface area contributed by atoms with Crippen LogP contribution in [0.3, 0.4) is 0 Å². The van der Waals surface area contributed by atoms with Crippen LogP contribution in [0.5, 0.6) is 0 Å². The summed E-state index contributed by atoms with van der Waals surface area (Å²) in [4.78, 5) is 11.8. The van der Waals surface area contributed by atoms with E-state index in [4.69, 9.17) is 6.42 Å². The molecule has 2 rings (SSSR count). The molecule has 0 bridgehead atoms. The van der Waals surface area contributed by atoms with Crippen molar-refractivity contribution in [2.45, 2.75) is 31.5 Å². The zero-order valence-corrected chi connectivity index (χ0v) is 10.6. The normalized spacial score (nSPS) is 22.6. The lowest BCUT2D eigenvalue weighted by Gasteiger charge is -2.32. The van der Waals surface area contributed by atoms with E-state index in [2.05, 4.69) is 32.3 Å². The van der Waals surface area contributed by atoms with Crippen molar-refractivity contribution in [2.75, 3.05) is 5.32 Å². The number of terminal acetylenes is 1. The van der Waals surface area contributed by atoms with Gasteiger partial charge in [0.15, 0.2) is 0 Å². The molecule has 1 aromatic heterocycles. The summed E-state index contributed by atoms with van der Waals surface area (Å²) >= 11 is 3.23. The Morgan fingerprint density at radius 3 is 3.00 bits per heavy atom. The highest BCUT2D eigenvalue weighted by Crippen LogP contribution is 2.26. The van der Waals surface area contributed by atoms with Crippen LogP contribution in [0.15, 0.2) is 15.5 Å². The lowest BCUT2D eigenvalue weighted by atomic mass is 9.89. The van der Waals surface area contributed by atoms with Gasteiger partial charge in [-0.2, -0.15) is 5.10 Å². The summed E-state index contributed by atoms with van der Waals surface area (Å²) in [5.74, 6) is 2.37. The number of hydrogen-bond acceptors (Lipinski definition) is 4. The summed E-state index contributed by atoms with van der Waals surface area (Å²) < 4.78 is 1.63. The van der Waals surface area contributed by atoms with Gasteiger partial charge in [-0.3, -0.25) is 4.79 Å². The van der Waals surface area contributed by atoms with Crippen LogP contribution in [0, 0.1) is 12.3 Å². The summed E-state index contributed by atoms with van der Waals surface area (Å²) in [5, 5.41) is 16.3. The molecule has 0 amide bonds. The Labute approximate surface area is 107 Å². The average Bonchev–Trinajstić information content (AvgIpc) is 2.26. The third kappa shape index (κ3) is 2.51. The second kappa shape index (κ2) is 4.90. The zero-order valence-electron chi connectivity index (χ0n) is 9.06. The standard InChI is InChI=1S/C11H12BrN3O2/c1-2-3-15-11(17)10(12)9(6-13-15)14-7-4-8(16)5-7/h1,6-8,14,16H,3-5H2. The van der Waals surface area contributed by atoms with Crippen LogP contribution in [-0.2, 0) is 6.54 Å². The molecule has 0 atom stereocenters. The third-order valence-electron chi connectivity index (χ3n) is 2.70. The summed E-state index contributed by atoms with van der Waals surface area (Å²) in [7, 11) is 0. The van der Waals surface area contributed by atoms with Crippen molar-refractivity contribution in [3.05, 3.63) is 21.0 Å². The highest BCUT2D eigenvalue weighted by molar-refractivity contribution is 9.10. The Kier molecular flexibility index (Phi) is 3.50. The van der Waals surface area contributed by atoms with Crippen molar-refractivity contribution in [3.8, 4) is 12.3 Å². The van der Waals surface area contributed by atoms with E-state index in [1.165, 1.54) is 4.68 Å². The molecule has 1 aromatic rings. The molecule has 1 saturated carbocycles. The molecule has 6 heteroatoms. The average molecular weight is 298 g/mol. The van der Waals surface area contributed by atoms with Gasteiger partial charge in [0, 0.05) is 6.04 Å². The minimum absolute atomic E-state index is 0.153. The predicted octanol–water partition coefficient (Wildman–Crippen LogP) is 0.574. The molecule has 0 spiro atoms. The Balaban J connectivity index is 2.17. The molecule has 2 N–H and O–H groups in total. The van der Waals surface area contributed by atoms with Gasteiger partial charge in [0.1, 0.15) is 11.0 Å². The van der Waals surface area contributed by atoms with Gasteiger partial charge in [-0.05, 0) is 28.8 Å². The maximum absolute atomic E-state index is 11.8. The molecule has 1 aliphatic rings. The fraction of sp³-hybridized carbons (Fsp3) is 0.455. The predicted molar refractivity (Wildman–Crippen MR) is 67.7 cm³/mol. The number of rotatable bonds is 3. The van der Waals surface area contributed by atoms with Crippen molar-refractivity contribution in [2.24, 2.45) is 0 Å². The Hall–Kier alpha value is -1.32. The molecule has 1 heterocycles. The zero-order chi connectivity index (χ0) is 12.4. The number of nitrogens with one attached hydrogen (secondary N) is 1. The summed E-state index contributed by atoms with van der Waals surface area (Å²) in [6.45, 7) is 0.153. The highest BCUT2D eigenvalue weighted by Gasteiger charge is 2.27. The minimum atomic E-state index is -0.257. The summed E-state index contributed by atoms with van der Waals surface area (Å²) in [6, 6.07) is 0.200. The SMILES string of the molecule is C#CCn1ncc(NC2CC(O)C2)c(Br)c1=O. The molecule has 17 heavy (non-hydrogen) atoms. The second-order valence-electron chi connectivity index (χ2n) is 4.01. The van der Waals surface area contributed by atoms with Crippen molar-refractivity contribution in [1.29, 1.82) is 0 Å². The van der Waals surface area contributed by atoms with Gasteiger partial charge in [-0.15, -0.1) is 6.42 Å². The molecule has 0 radical (unpaired) electrons. The summed E-state index contributed by atoms with van der Waals surface area (Å²) in [5.41, 5.74) is 0.382. The number of aliphatic hydroxyl groups is 1. The number of anilines is 1.